The number of sulfonamides is 1. The van der Waals surface area contributed by atoms with E-state index in [1.807, 2.05) is 36.4 Å². The predicted molar refractivity (Wildman–Crippen MR) is 181 cm³/mol. The molecule has 4 aromatic heterocycles. The lowest BCUT2D eigenvalue weighted by Gasteiger charge is -2.20. The molecule has 0 radical (unpaired) electrons. The summed E-state index contributed by atoms with van der Waals surface area (Å²) in [6, 6.07) is 16.1. The molecule has 0 aliphatic heterocycles. The monoisotopic (exact) mass is 651 g/mol. The van der Waals surface area contributed by atoms with Crippen molar-refractivity contribution in [3.05, 3.63) is 84.6 Å². The molecule has 10 nitrogen and oxygen atoms in total. The zero-order valence-electron chi connectivity index (χ0n) is 25.8. The average Bonchev–Trinajstić information content (AvgIpc) is 3.68. The number of nitrogens with zero attached hydrogens (tertiary/aromatic N) is 3. The number of anilines is 1. The van der Waals surface area contributed by atoms with Crippen molar-refractivity contribution in [2.75, 3.05) is 11.6 Å². The van der Waals surface area contributed by atoms with Crippen LogP contribution in [0.25, 0.3) is 55.6 Å². The standard InChI is InChI=1S/C35H34FN7O3S/c1-47(45,46)39-17-22-10-23(13-25(36)11-22)27-8-5-9-30-28(27)15-32(41-30)35-29-16-31(38-20-33(29)42-43-35)24-14-26(19-37-18-24)40-34(44)12-21-6-3-2-4-7-21/h5,8-11,13-16,18-21,39,41H,2-4,6-7,12,17H2,1H3,(H,40,44)(H,42,43). The number of carbonyl (C=O) groups excluding carboxylic acids is 1. The minimum Gasteiger partial charge on any atom is -0.353 e. The molecule has 1 saturated carbocycles. The second-order valence-electron chi connectivity index (χ2n) is 12.3. The molecular formula is C35H34FN7O3S. The van der Waals surface area contributed by atoms with E-state index in [2.05, 4.69) is 35.2 Å². The number of hydrogen-bond acceptors (Lipinski definition) is 6. The normalized spacial score (nSPS) is 14.2. The van der Waals surface area contributed by atoms with Crippen LogP contribution in [-0.4, -0.2) is 45.7 Å². The molecule has 7 rings (SSSR count). The van der Waals surface area contributed by atoms with Crippen molar-refractivity contribution in [3.8, 4) is 33.8 Å². The Balaban J connectivity index is 1.18. The minimum atomic E-state index is -3.43. The maximum atomic E-state index is 14.7. The van der Waals surface area contributed by atoms with Crippen LogP contribution < -0.4 is 10.0 Å². The number of nitrogens with one attached hydrogen (secondary N) is 4. The van der Waals surface area contributed by atoms with Crippen LogP contribution in [0.2, 0.25) is 0 Å². The Kier molecular flexibility index (Phi) is 8.29. The van der Waals surface area contributed by atoms with Gasteiger partial charge in [0.15, 0.2) is 0 Å². The van der Waals surface area contributed by atoms with E-state index < -0.39 is 15.8 Å². The van der Waals surface area contributed by atoms with Gasteiger partial charge in [0.1, 0.15) is 11.5 Å². The first-order valence-corrected chi connectivity index (χ1v) is 17.5. The summed E-state index contributed by atoms with van der Waals surface area (Å²) in [6.07, 6.45) is 12.6. The second kappa shape index (κ2) is 12.7. The number of pyridine rings is 2. The van der Waals surface area contributed by atoms with Crippen molar-refractivity contribution in [3.63, 3.8) is 0 Å². The molecule has 1 aliphatic carbocycles. The lowest BCUT2D eigenvalue weighted by Crippen LogP contribution is -2.21. The zero-order chi connectivity index (χ0) is 32.5. The summed E-state index contributed by atoms with van der Waals surface area (Å²) in [7, 11) is -3.43. The second-order valence-corrected chi connectivity index (χ2v) is 14.1. The van der Waals surface area contributed by atoms with Crippen LogP contribution >= 0.6 is 0 Å². The van der Waals surface area contributed by atoms with Gasteiger partial charge in [0.25, 0.3) is 0 Å². The van der Waals surface area contributed by atoms with Crippen LogP contribution in [0, 0.1) is 11.7 Å². The van der Waals surface area contributed by atoms with Crippen LogP contribution in [0.5, 0.6) is 0 Å². The molecule has 0 unspecified atom stereocenters. The van der Waals surface area contributed by atoms with E-state index in [4.69, 9.17) is 0 Å². The summed E-state index contributed by atoms with van der Waals surface area (Å²) >= 11 is 0. The fourth-order valence-electron chi connectivity index (χ4n) is 6.45. The van der Waals surface area contributed by atoms with Gasteiger partial charge in [0.05, 0.1) is 41.2 Å². The number of amides is 1. The maximum Gasteiger partial charge on any atom is 0.224 e. The van der Waals surface area contributed by atoms with E-state index in [1.54, 1.807) is 24.7 Å². The first-order valence-electron chi connectivity index (χ1n) is 15.6. The molecule has 47 heavy (non-hydrogen) atoms. The summed E-state index contributed by atoms with van der Waals surface area (Å²) < 4.78 is 40.3. The summed E-state index contributed by atoms with van der Waals surface area (Å²) in [4.78, 5) is 25.2. The van der Waals surface area contributed by atoms with E-state index in [0.717, 1.165) is 57.7 Å². The molecular weight excluding hydrogens is 617 g/mol. The number of benzene rings is 2. The van der Waals surface area contributed by atoms with E-state index in [1.165, 1.54) is 31.4 Å². The molecule has 2 aromatic carbocycles. The van der Waals surface area contributed by atoms with Gasteiger partial charge in [0, 0.05) is 41.0 Å². The molecule has 0 atom stereocenters. The number of rotatable bonds is 9. The fourth-order valence-corrected chi connectivity index (χ4v) is 6.88. The van der Waals surface area contributed by atoms with Crippen molar-refractivity contribution in [1.29, 1.82) is 0 Å². The molecule has 1 aliphatic rings. The van der Waals surface area contributed by atoms with Gasteiger partial charge in [-0.2, -0.15) is 5.10 Å². The van der Waals surface area contributed by atoms with Crippen LogP contribution in [-0.2, 0) is 21.4 Å². The van der Waals surface area contributed by atoms with E-state index in [0.29, 0.717) is 40.5 Å². The number of carbonyl (C=O) groups is 1. The molecule has 0 spiro atoms. The highest BCUT2D eigenvalue weighted by Gasteiger charge is 2.19. The quantitative estimate of drug-likeness (QED) is 0.133. The summed E-state index contributed by atoms with van der Waals surface area (Å²) in [5.74, 6) is -0.00408. The van der Waals surface area contributed by atoms with Gasteiger partial charge < -0.3 is 10.3 Å². The lowest BCUT2D eigenvalue weighted by molar-refractivity contribution is -0.117. The molecule has 1 fully saturated rings. The molecule has 0 bridgehead atoms. The SMILES string of the molecule is CS(=O)(=O)NCc1cc(F)cc(-c2cccc3[nH]c(-c4n[nH]c5cnc(-c6cncc(NC(=O)CC7CCCCC7)c6)cc45)cc23)c1. The van der Waals surface area contributed by atoms with Crippen molar-refractivity contribution in [1.82, 2.24) is 29.9 Å². The Bertz CT molecular complexity index is 2220. The van der Waals surface area contributed by atoms with E-state index in [9.17, 15) is 17.6 Å². The predicted octanol–water partition coefficient (Wildman–Crippen LogP) is 6.93. The largest absolute Gasteiger partial charge is 0.353 e. The smallest absolute Gasteiger partial charge is 0.224 e. The van der Waals surface area contributed by atoms with Gasteiger partial charge in [-0.1, -0.05) is 31.4 Å². The Hall–Kier alpha value is -4.94. The fraction of sp³-hybridized carbons (Fsp3) is 0.257. The highest BCUT2D eigenvalue weighted by molar-refractivity contribution is 7.88. The number of hydrogen-bond donors (Lipinski definition) is 4. The van der Waals surface area contributed by atoms with Gasteiger partial charge in [-0.3, -0.25) is 19.9 Å². The molecule has 0 saturated heterocycles. The van der Waals surface area contributed by atoms with Gasteiger partial charge in [-0.15, -0.1) is 0 Å². The van der Waals surface area contributed by atoms with Crippen LogP contribution in [0.4, 0.5) is 10.1 Å². The number of aromatic nitrogens is 5. The van der Waals surface area contributed by atoms with Crippen molar-refractivity contribution < 1.29 is 17.6 Å². The van der Waals surface area contributed by atoms with Crippen LogP contribution in [0.1, 0.15) is 44.1 Å². The van der Waals surface area contributed by atoms with Crippen molar-refractivity contribution >= 4 is 43.4 Å². The Morgan fingerprint density at radius 3 is 2.64 bits per heavy atom. The number of H-pyrrole nitrogens is 2. The van der Waals surface area contributed by atoms with E-state index in [-0.39, 0.29) is 12.5 Å². The molecule has 6 aromatic rings. The molecule has 1 amide bonds. The Morgan fingerprint density at radius 1 is 0.957 bits per heavy atom. The van der Waals surface area contributed by atoms with Gasteiger partial charge >= 0.3 is 0 Å². The molecule has 4 heterocycles. The van der Waals surface area contributed by atoms with Crippen LogP contribution in [0.15, 0.2) is 73.2 Å². The third-order valence-corrected chi connectivity index (χ3v) is 9.36. The first kappa shape index (κ1) is 30.7. The summed E-state index contributed by atoms with van der Waals surface area (Å²) in [6.45, 7) is -0.0150. The minimum absolute atomic E-state index is 0.00889. The molecule has 240 valence electrons. The Labute approximate surface area is 271 Å². The number of aromatic amines is 2. The number of halogens is 1. The summed E-state index contributed by atoms with van der Waals surface area (Å²) in [5.41, 5.74) is 7.05. The van der Waals surface area contributed by atoms with Crippen molar-refractivity contribution in [2.45, 2.75) is 45.1 Å². The average molecular weight is 652 g/mol. The van der Waals surface area contributed by atoms with Gasteiger partial charge in [0.2, 0.25) is 15.9 Å². The number of fused-ring (bicyclic) bond motifs is 2. The van der Waals surface area contributed by atoms with Crippen LogP contribution in [0.3, 0.4) is 0 Å². The van der Waals surface area contributed by atoms with Gasteiger partial charge in [-0.25, -0.2) is 17.5 Å². The van der Waals surface area contributed by atoms with Gasteiger partial charge in [-0.05, 0) is 77.9 Å². The van der Waals surface area contributed by atoms with E-state index >= 15 is 0 Å². The topological polar surface area (TPSA) is 146 Å². The highest BCUT2D eigenvalue weighted by Crippen LogP contribution is 2.36. The molecule has 4 N–H and O–H groups in total. The highest BCUT2D eigenvalue weighted by atomic mass is 32.2. The maximum absolute atomic E-state index is 14.7. The third-order valence-electron chi connectivity index (χ3n) is 8.69. The summed E-state index contributed by atoms with van der Waals surface area (Å²) in [5, 5.41) is 12.4. The zero-order valence-corrected chi connectivity index (χ0v) is 26.6. The Morgan fingerprint density at radius 2 is 1.81 bits per heavy atom. The third kappa shape index (κ3) is 6.93. The molecule has 12 heteroatoms. The van der Waals surface area contributed by atoms with Crippen molar-refractivity contribution in [2.24, 2.45) is 5.92 Å². The first-order chi connectivity index (χ1) is 22.7. The lowest BCUT2D eigenvalue weighted by atomic mass is 9.87.